The zero-order chi connectivity index (χ0) is 30.2. The summed E-state index contributed by atoms with van der Waals surface area (Å²) < 4.78 is 13.2. The molecule has 0 aliphatic rings. The standard InChI is InChI=1S/C32H25FN4O3S3/c1-20(29(38)37-32-36-28(19-42-32)21-12-14-23(33)15-13-21)43-26-10-5-9-24(17-26)34-31(40)27(18-25-11-6-16-41-25)35-30(39)22-7-3-2-4-8-22/h2-20H,1H3,(H,34,40)(H,35,39)(H,36,37,38)/b27-18-. The van der Waals surface area contributed by atoms with E-state index in [-0.39, 0.29) is 17.4 Å². The number of carbonyl (C=O) groups excluding carboxylic acids is 3. The third-order valence-electron chi connectivity index (χ3n) is 6.01. The lowest BCUT2D eigenvalue weighted by molar-refractivity contribution is -0.115. The number of thiophene rings is 1. The molecule has 0 fully saturated rings. The molecule has 0 aliphatic heterocycles. The van der Waals surface area contributed by atoms with Crippen LogP contribution >= 0.6 is 34.4 Å². The average Bonchev–Trinajstić information content (AvgIpc) is 3.70. The highest BCUT2D eigenvalue weighted by atomic mass is 32.2. The van der Waals surface area contributed by atoms with Crippen LogP contribution in [0.2, 0.25) is 0 Å². The van der Waals surface area contributed by atoms with Gasteiger partial charge in [0.25, 0.3) is 11.8 Å². The molecule has 11 heteroatoms. The van der Waals surface area contributed by atoms with Crippen molar-refractivity contribution < 1.29 is 18.8 Å². The van der Waals surface area contributed by atoms with Crippen LogP contribution < -0.4 is 16.0 Å². The molecule has 43 heavy (non-hydrogen) atoms. The topological polar surface area (TPSA) is 100 Å². The minimum absolute atomic E-state index is 0.102. The van der Waals surface area contributed by atoms with Crippen LogP contribution in [0.25, 0.3) is 17.3 Å². The van der Waals surface area contributed by atoms with Gasteiger partial charge in [-0.15, -0.1) is 34.4 Å². The molecular formula is C32H25FN4O3S3. The Balaban J connectivity index is 1.22. The van der Waals surface area contributed by atoms with E-state index in [2.05, 4.69) is 20.9 Å². The third kappa shape index (κ3) is 8.25. The summed E-state index contributed by atoms with van der Waals surface area (Å²) in [5.41, 5.74) is 2.45. The van der Waals surface area contributed by atoms with Gasteiger partial charge in [-0.05, 0) is 79.0 Å². The largest absolute Gasteiger partial charge is 0.321 e. The number of halogens is 1. The Morgan fingerprint density at radius 3 is 2.44 bits per heavy atom. The maximum Gasteiger partial charge on any atom is 0.272 e. The van der Waals surface area contributed by atoms with Crippen LogP contribution in [0, 0.1) is 5.82 Å². The van der Waals surface area contributed by atoms with E-state index in [1.54, 1.807) is 73.0 Å². The Labute approximate surface area is 259 Å². The molecule has 5 rings (SSSR count). The first-order valence-corrected chi connectivity index (χ1v) is 15.7. The monoisotopic (exact) mass is 628 g/mol. The maximum atomic E-state index is 13.3. The van der Waals surface area contributed by atoms with Gasteiger partial charge in [-0.1, -0.05) is 30.3 Å². The minimum Gasteiger partial charge on any atom is -0.321 e. The van der Waals surface area contributed by atoms with Crippen LogP contribution in [0.4, 0.5) is 15.2 Å². The second-order valence-corrected chi connectivity index (χ2v) is 12.4. The summed E-state index contributed by atoms with van der Waals surface area (Å²) in [6.45, 7) is 1.78. The van der Waals surface area contributed by atoms with Crippen LogP contribution in [0.15, 0.2) is 112 Å². The summed E-state index contributed by atoms with van der Waals surface area (Å²) in [5, 5.41) is 12.1. The number of thiazole rings is 1. The summed E-state index contributed by atoms with van der Waals surface area (Å²) in [6, 6.07) is 25.5. The lowest BCUT2D eigenvalue weighted by Gasteiger charge is -2.13. The number of nitrogens with zero attached hydrogens (tertiary/aromatic N) is 1. The predicted molar refractivity (Wildman–Crippen MR) is 173 cm³/mol. The van der Waals surface area contributed by atoms with Gasteiger partial charge >= 0.3 is 0 Å². The van der Waals surface area contributed by atoms with E-state index >= 15 is 0 Å². The van der Waals surface area contributed by atoms with Crippen molar-refractivity contribution in [2.75, 3.05) is 10.6 Å². The molecule has 0 radical (unpaired) electrons. The zero-order valence-corrected chi connectivity index (χ0v) is 25.2. The highest BCUT2D eigenvalue weighted by Gasteiger charge is 2.18. The molecular weight excluding hydrogens is 604 g/mol. The molecule has 2 heterocycles. The number of amides is 3. The van der Waals surface area contributed by atoms with Crippen molar-refractivity contribution in [2.45, 2.75) is 17.1 Å². The molecule has 3 aromatic carbocycles. The molecule has 7 nitrogen and oxygen atoms in total. The van der Waals surface area contributed by atoms with Gasteiger partial charge in [0.05, 0.1) is 10.9 Å². The molecule has 216 valence electrons. The summed E-state index contributed by atoms with van der Waals surface area (Å²) >= 11 is 4.06. The molecule has 2 aromatic heterocycles. The van der Waals surface area contributed by atoms with Crippen molar-refractivity contribution in [3.8, 4) is 11.3 Å². The Bertz CT molecular complexity index is 1750. The van der Waals surface area contributed by atoms with Gasteiger partial charge in [-0.3, -0.25) is 14.4 Å². The number of anilines is 2. The van der Waals surface area contributed by atoms with E-state index in [1.807, 2.05) is 29.6 Å². The van der Waals surface area contributed by atoms with Gasteiger partial charge in [-0.25, -0.2) is 9.37 Å². The lowest BCUT2D eigenvalue weighted by Crippen LogP contribution is -2.30. The van der Waals surface area contributed by atoms with Gasteiger partial charge in [0.2, 0.25) is 5.91 Å². The average molecular weight is 629 g/mol. The van der Waals surface area contributed by atoms with Gasteiger partial charge in [-0.2, -0.15) is 0 Å². The molecule has 0 spiro atoms. The highest BCUT2D eigenvalue weighted by Crippen LogP contribution is 2.29. The summed E-state index contributed by atoms with van der Waals surface area (Å²) in [7, 11) is 0. The summed E-state index contributed by atoms with van der Waals surface area (Å²) in [5.74, 6) is -1.43. The zero-order valence-electron chi connectivity index (χ0n) is 22.7. The fourth-order valence-corrected chi connectivity index (χ4v) is 6.16. The molecule has 0 aliphatic carbocycles. The molecule has 0 saturated heterocycles. The second-order valence-electron chi connectivity index (χ2n) is 9.17. The number of thioether (sulfide) groups is 1. The van der Waals surface area contributed by atoms with E-state index < -0.39 is 17.1 Å². The van der Waals surface area contributed by atoms with Crippen molar-refractivity contribution in [1.82, 2.24) is 10.3 Å². The molecule has 1 unspecified atom stereocenters. The van der Waals surface area contributed by atoms with Gasteiger partial charge in [0.1, 0.15) is 11.5 Å². The normalized spacial score (nSPS) is 11.9. The Morgan fingerprint density at radius 2 is 1.70 bits per heavy atom. The van der Waals surface area contributed by atoms with Crippen LogP contribution in [0.1, 0.15) is 22.2 Å². The first-order valence-electron chi connectivity index (χ1n) is 13.1. The number of carbonyl (C=O) groups is 3. The fourth-order valence-electron chi connectivity index (χ4n) is 3.85. The quantitative estimate of drug-likeness (QED) is 0.110. The minimum atomic E-state index is -0.480. The van der Waals surface area contributed by atoms with Crippen molar-refractivity contribution in [2.24, 2.45) is 0 Å². The number of hydrogen-bond donors (Lipinski definition) is 3. The molecule has 3 N–H and O–H groups in total. The Hall–Kier alpha value is -4.58. The van der Waals surface area contributed by atoms with E-state index in [1.165, 1.54) is 46.6 Å². The third-order valence-corrected chi connectivity index (χ3v) is 8.68. The first kappa shape index (κ1) is 29.9. The predicted octanol–water partition coefficient (Wildman–Crippen LogP) is 7.54. The van der Waals surface area contributed by atoms with Gasteiger partial charge in [0, 0.05) is 32.0 Å². The van der Waals surface area contributed by atoms with Crippen LogP contribution in [0.5, 0.6) is 0 Å². The van der Waals surface area contributed by atoms with Crippen molar-refractivity contribution >= 4 is 69.1 Å². The van der Waals surface area contributed by atoms with Crippen LogP contribution in [-0.4, -0.2) is 28.0 Å². The number of rotatable bonds is 10. The van der Waals surface area contributed by atoms with E-state index in [0.29, 0.717) is 22.1 Å². The molecule has 0 bridgehead atoms. The first-order chi connectivity index (χ1) is 20.8. The lowest BCUT2D eigenvalue weighted by atomic mass is 10.2. The van der Waals surface area contributed by atoms with E-state index in [0.717, 1.165) is 15.3 Å². The number of hydrogen-bond acceptors (Lipinski definition) is 7. The van der Waals surface area contributed by atoms with Crippen molar-refractivity contribution in [3.05, 3.63) is 124 Å². The second kappa shape index (κ2) is 14.1. The van der Waals surface area contributed by atoms with Crippen LogP contribution in [0.3, 0.4) is 0 Å². The van der Waals surface area contributed by atoms with Crippen LogP contribution in [-0.2, 0) is 9.59 Å². The van der Waals surface area contributed by atoms with Gasteiger partial charge < -0.3 is 16.0 Å². The number of benzene rings is 3. The number of nitrogens with one attached hydrogen (secondary N) is 3. The summed E-state index contributed by atoms with van der Waals surface area (Å²) in [4.78, 5) is 45.0. The van der Waals surface area contributed by atoms with Gasteiger partial charge in [0.15, 0.2) is 5.13 Å². The highest BCUT2D eigenvalue weighted by molar-refractivity contribution is 8.00. The van der Waals surface area contributed by atoms with Crippen molar-refractivity contribution in [1.29, 1.82) is 0 Å². The fraction of sp³-hybridized carbons (Fsp3) is 0.0625. The number of aromatic nitrogens is 1. The maximum absolute atomic E-state index is 13.3. The van der Waals surface area contributed by atoms with E-state index in [4.69, 9.17) is 0 Å². The molecule has 1 atom stereocenters. The van der Waals surface area contributed by atoms with Crippen molar-refractivity contribution in [3.63, 3.8) is 0 Å². The molecule has 0 saturated carbocycles. The molecule has 3 amide bonds. The van der Waals surface area contributed by atoms with E-state index in [9.17, 15) is 18.8 Å². The SMILES string of the molecule is CC(Sc1cccc(NC(=O)/C(=C/c2cccs2)NC(=O)c2ccccc2)c1)C(=O)Nc1nc(-c2ccc(F)cc2)cs1. The Kier molecular flexibility index (Phi) is 9.77. The summed E-state index contributed by atoms with van der Waals surface area (Å²) in [6.07, 6.45) is 1.63. The Morgan fingerprint density at radius 1 is 0.907 bits per heavy atom. The molecule has 5 aromatic rings. The smallest absolute Gasteiger partial charge is 0.272 e.